The van der Waals surface area contributed by atoms with Crippen molar-refractivity contribution in [3.8, 4) is 0 Å². The zero-order valence-electron chi connectivity index (χ0n) is 17.3. The minimum absolute atomic E-state index is 0.0250. The summed E-state index contributed by atoms with van der Waals surface area (Å²) in [6, 6.07) is 0.136. The number of hydrogen-bond acceptors (Lipinski definition) is 5. The number of hydrogen-bond donors (Lipinski definition) is 3. The smallest absolute Gasteiger partial charge is 0.317 e. The molecule has 160 valence electrons. The summed E-state index contributed by atoms with van der Waals surface area (Å²) in [6.07, 6.45) is 4.33. The lowest BCUT2D eigenvalue weighted by atomic mass is 9.85. The highest BCUT2D eigenvalue weighted by atomic mass is 16.4. The first-order chi connectivity index (χ1) is 13.3. The summed E-state index contributed by atoms with van der Waals surface area (Å²) in [7, 11) is 3.58. The molecule has 1 saturated carbocycles. The number of nitrogens with one attached hydrogen (secondary N) is 2. The van der Waals surface area contributed by atoms with Crippen LogP contribution in [0.25, 0.3) is 0 Å². The minimum atomic E-state index is -0.816. The van der Waals surface area contributed by atoms with Gasteiger partial charge in [-0.1, -0.05) is 6.92 Å². The molecule has 0 aromatic carbocycles. The van der Waals surface area contributed by atoms with Crippen molar-refractivity contribution in [3.05, 3.63) is 0 Å². The van der Waals surface area contributed by atoms with Crippen molar-refractivity contribution in [1.29, 1.82) is 0 Å². The van der Waals surface area contributed by atoms with Crippen molar-refractivity contribution >= 4 is 17.9 Å². The summed E-state index contributed by atoms with van der Waals surface area (Å²) in [5.41, 5.74) is 0. The Kier molecular flexibility index (Phi) is 8.50. The fourth-order valence-corrected chi connectivity index (χ4v) is 4.07. The molecule has 9 nitrogen and oxygen atoms in total. The number of carboxylic acid groups (broad SMARTS) is 1. The fourth-order valence-electron chi connectivity index (χ4n) is 4.07. The van der Waals surface area contributed by atoms with Gasteiger partial charge in [0.05, 0.1) is 12.6 Å². The minimum Gasteiger partial charge on any atom is -0.480 e. The highest BCUT2D eigenvalue weighted by molar-refractivity contribution is 5.81. The molecule has 0 aromatic rings. The number of aliphatic carboxylic acids is 1. The molecule has 1 aliphatic carbocycles. The molecule has 1 unspecified atom stereocenters. The second kappa shape index (κ2) is 10.6. The van der Waals surface area contributed by atoms with Gasteiger partial charge in [-0.2, -0.15) is 0 Å². The van der Waals surface area contributed by atoms with Crippen LogP contribution in [0.2, 0.25) is 0 Å². The average molecular weight is 398 g/mol. The Morgan fingerprint density at radius 2 is 1.93 bits per heavy atom. The van der Waals surface area contributed by atoms with Crippen LogP contribution in [0.4, 0.5) is 4.79 Å². The van der Waals surface area contributed by atoms with Crippen LogP contribution in [0.3, 0.4) is 0 Å². The third kappa shape index (κ3) is 6.34. The van der Waals surface area contributed by atoms with Crippen molar-refractivity contribution in [2.24, 2.45) is 0 Å². The van der Waals surface area contributed by atoms with Crippen LogP contribution in [0.5, 0.6) is 0 Å². The molecule has 1 atom stereocenters. The molecule has 2 fully saturated rings. The molecule has 2 aliphatic rings. The Morgan fingerprint density at radius 3 is 2.54 bits per heavy atom. The quantitative estimate of drug-likeness (QED) is 0.454. The Labute approximate surface area is 167 Å². The third-order valence-electron chi connectivity index (χ3n) is 5.71. The number of likely N-dealkylation sites (tertiary alicyclic amines) is 1. The Morgan fingerprint density at radius 1 is 1.21 bits per heavy atom. The molecule has 0 spiro atoms. The molecule has 0 bridgehead atoms. The van der Waals surface area contributed by atoms with Gasteiger partial charge < -0.3 is 20.6 Å². The maximum absolute atomic E-state index is 12.2. The second-order valence-electron chi connectivity index (χ2n) is 7.96. The van der Waals surface area contributed by atoms with Crippen molar-refractivity contribution in [2.75, 3.05) is 46.8 Å². The van der Waals surface area contributed by atoms with Gasteiger partial charge in [-0.15, -0.1) is 0 Å². The standard InChI is InChI=1S/C19H35N5O4/c1-4-23(13-17(25)26)15-11-14(12-15)21-19(28)20-8-6-10-24-9-5-7-16(24)18(27)22(2)3/h14-16H,4-13H2,1-3H3,(H,25,26)(H2,20,21,28). The van der Waals surface area contributed by atoms with Crippen molar-refractivity contribution in [2.45, 2.75) is 57.2 Å². The van der Waals surface area contributed by atoms with Crippen molar-refractivity contribution in [3.63, 3.8) is 0 Å². The van der Waals surface area contributed by atoms with E-state index in [4.69, 9.17) is 5.11 Å². The zero-order chi connectivity index (χ0) is 20.7. The monoisotopic (exact) mass is 397 g/mol. The van der Waals surface area contributed by atoms with E-state index in [0.717, 1.165) is 45.2 Å². The second-order valence-corrected chi connectivity index (χ2v) is 7.96. The number of likely N-dealkylation sites (N-methyl/N-ethyl adjacent to an activating group) is 2. The van der Waals surface area contributed by atoms with E-state index in [1.165, 1.54) is 0 Å². The summed E-state index contributed by atoms with van der Waals surface area (Å²) < 4.78 is 0. The van der Waals surface area contributed by atoms with Gasteiger partial charge in [-0.05, 0) is 45.2 Å². The van der Waals surface area contributed by atoms with Crippen LogP contribution < -0.4 is 10.6 Å². The first-order valence-corrected chi connectivity index (χ1v) is 10.3. The van der Waals surface area contributed by atoms with Gasteiger partial charge >= 0.3 is 12.0 Å². The van der Waals surface area contributed by atoms with Crippen LogP contribution in [-0.2, 0) is 9.59 Å². The van der Waals surface area contributed by atoms with E-state index >= 15 is 0 Å². The maximum atomic E-state index is 12.2. The average Bonchev–Trinajstić information content (AvgIpc) is 3.07. The van der Waals surface area contributed by atoms with Crippen LogP contribution in [0.1, 0.15) is 39.0 Å². The number of rotatable bonds is 10. The summed E-state index contributed by atoms with van der Waals surface area (Å²) in [5, 5.41) is 14.8. The molecule has 28 heavy (non-hydrogen) atoms. The van der Waals surface area contributed by atoms with E-state index in [1.54, 1.807) is 19.0 Å². The lowest BCUT2D eigenvalue weighted by Crippen LogP contribution is -2.56. The molecular weight excluding hydrogens is 362 g/mol. The predicted molar refractivity (Wildman–Crippen MR) is 106 cm³/mol. The first kappa shape index (κ1) is 22.4. The third-order valence-corrected chi connectivity index (χ3v) is 5.71. The van der Waals surface area contributed by atoms with Gasteiger partial charge in [0, 0.05) is 39.3 Å². The topological polar surface area (TPSA) is 105 Å². The van der Waals surface area contributed by atoms with Gasteiger partial charge in [-0.25, -0.2) is 4.79 Å². The van der Waals surface area contributed by atoms with Gasteiger partial charge in [0.15, 0.2) is 0 Å². The highest BCUT2D eigenvalue weighted by Crippen LogP contribution is 2.25. The number of carbonyl (C=O) groups is 3. The molecule has 9 heteroatoms. The van der Waals surface area contributed by atoms with Crippen molar-refractivity contribution in [1.82, 2.24) is 25.3 Å². The van der Waals surface area contributed by atoms with Crippen LogP contribution >= 0.6 is 0 Å². The number of carboxylic acids is 1. The Hall–Kier alpha value is -1.87. The molecule has 1 heterocycles. The lowest BCUT2D eigenvalue weighted by molar-refractivity contribution is -0.139. The molecule has 0 radical (unpaired) electrons. The van der Waals surface area contributed by atoms with E-state index in [1.807, 2.05) is 11.8 Å². The molecule has 1 aliphatic heterocycles. The van der Waals surface area contributed by atoms with E-state index < -0.39 is 5.97 Å². The van der Waals surface area contributed by atoms with Crippen LogP contribution in [0.15, 0.2) is 0 Å². The molecule has 3 N–H and O–H groups in total. The number of nitrogens with zero attached hydrogens (tertiary/aromatic N) is 3. The summed E-state index contributed by atoms with van der Waals surface area (Å²) in [6.45, 7) is 5.01. The van der Waals surface area contributed by atoms with E-state index in [9.17, 15) is 14.4 Å². The van der Waals surface area contributed by atoms with Crippen molar-refractivity contribution < 1.29 is 19.5 Å². The summed E-state index contributed by atoms with van der Waals surface area (Å²) in [4.78, 5) is 40.9. The predicted octanol–water partition coefficient (Wildman–Crippen LogP) is 0.166. The van der Waals surface area contributed by atoms with E-state index in [2.05, 4.69) is 15.5 Å². The van der Waals surface area contributed by atoms with Gasteiger partial charge in [0.25, 0.3) is 0 Å². The zero-order valence-corrected chi connectivity index (χ0v) is 17.3. The van der Waals surface area contributed by atoms with Gasteiger partial charge in [0.2, 0.25) is 5.91 Å². The highest BCUT2D eigenvalue weighted by Gasteiger charge is 2.34. The van der Waals surface area contributed by atoms with Crippen LogP contribution in [0, 0.1) is 0 Å². The normalized spacial score (nSPS) is 24.6. The molecule has 3 amide bonds. The van der Waals surface area contributed by atoms with E-state index in [0.29, 0.717) is 13.1 Å². The largest absolute Gasteiger partial charge is 0.480 e. The molecular formula is C19H35N5O4. The Bertz CT molecular complexity index is 550. The number of carbonyl (C=O) groups excluding carboxylic acids is 2. The molecule has 1 saturated heterocycles. The van der Waals surface area contributed by atoms with E-state index in [-0.39, 0.29) is 36.6 Å². The number of amides is 3. The lowest BCUT2D eigenvalue weighted by Gasteiger charge is -2.42. The Balaban J connectivity index is 1.59. The summed E-state index contributed by atoms with van der Waals surface area (Å²) >= 11 is 0. The fraction of sp³-hybridized carbons (Fsp3) is 0.842. The number of urea groups is 1. The summed E-state index contributed by atoms with van der Waals surface area (Å²) in [5.74, 6) is -0.657. The maximum Gasteiger partial charge on any atom is 0.317 e. The molecule has 2 rings (SSSR count). The first-order valence-electron chi connectivity index (χ1n) is 10.3. The van der Waals surface area contributed by atoms with Gasteiger partial charge in [0.1, 0.15) is 0 Å². The van der Waals surface area contributed by atoms with Gasteiger partial charge in [-0.3, -0.25) is 19.4 Å². The van der Waals surface area contributed by atoms with Crippen LogP contribution in [-0.4, -0.2) is 103 Å². The SMILES string of the molecule is CCN(CC(=O)O)C1CC(NC(=O)NCCCN2CCCC2C(=O)N(C)C)C1. The molecule has 0 aromatic heterocycles.